The molecule has 0 heterocycles. The smallest absolute Gasteiger partial charge is 0.334 e. The van der Waals surface area contributed by atoms with Gasteiger partial charge in [0.05, 0.1) is 6.54 Å². The molecule has 19 heavy (non-hydrogen) atoms. The maximum absolute atomic E-state index is 12.9. The molecule has 0 saturated carbocycles. The molecule has 1 rings (SSSR count). The molecule has 0 fully saturated rings. The molecule has 1 aromatic rings. The Labute approximate surface area is 107 Å². The fourth-order valence-electron chi connectivity index (χ4n) is 1.21. The van der Waals surface area contributed by atoms with Crippen LogP contribution < -0.4 is 10.6 Å². The number of hydrogen-bond acceptors (Lipinski definition) is 3. The van der Waals surface area contributed by atoms with Crippen molar-refractivity contribution >= 4 is 17.7 Å². The van der Waals surface area contributed by atoms with Gasteiger partial charge in [-0.3, -0.25) is 0 Å². The molecule has 0 radical (unpaired) electrons. The van der Waals surface area contributed by atoms with Gasteiger partial charge in [0.2, 0.25) is 0 Å². The van der Waals surface area contributed by atoms with E-state index in [1.54, 1.807) is 0 Å². The van der Waals surface area contributed by atoms with E-state index >= 15 is 0 Å². The molecule has 0 bridgehead atoms. The maximum atomic E-state index is 12.9. The van der Waals surface area contributed by atoms with E-state index in [9.17, 15) is 18.4 Å². The van der Waals surface area contributed by atoms with Gasteiger partial charge in [0.25, 0.3) is 0 Å². The summed E-state index contributed by atoms with van der Waals surface area (Å²) in [5.41, 5.74) is 0.0423. The zero-order valence-electron chi connectivity index (χ0n) is 9.94. The number of carbonyl (C=O) groups is 2. The summed E-state index contributed by atoms with van der Waals surface area (Å²) < 4.78 is 30.1. The van der Waals surface area contributed by atoms with Gasteiger partial charge in [-0.05, 0) is 12.1 Å². The summed E-state index contributed by atoms with van der Waals surface area (Å²) in [4.78, 5) is 22.0. The minimum atomic E-state index is -1.23. The van der Waals surface area contributed by atoms with Crippen LogP contribution in [0.2, 0.25) is 0 Å². The number of carboxylic acid groups (broad SMARTS) is 1. The summed E-state index contributed by atoms with van der Waals surface area (Å²) in [5, 5.41) is 13.1. The van der Waals surface area contributed by atoms with Crippen LogP contribution in [0.3, 0.4) is 0 Å². The number of anilines is 1. The molecular weight excluding hydrogens is 262 g/mol. The van der Waals surface area contributed by atoms with Crippen LogP contribution >= 0.6 is 0 Å². The molecule has 8 heteroatoms. The Morgan fingerprint density at radius 3 is 2.58 bits per heavy atom. The zero-order chi connectivity index (χ0) is 14.4. The quantitative estimate of drug-likeness (QED) is 0.752. The Bertz CT molecular complexity index is 482. The maximum Gasteiger partial charge on any atom is 0.334 e. The van der Waals surface area contributed by atoms with Gasteiger partial charge >= 0.3 is 12.0 Å². The minimum Gasteiger partial charge on any atom is -0.479 e. The first-order chi connectivity index (χ1) is 8.93. The Hall–Kier alpha value is -2.22. The normalized spacial score (nSPS) is 11.7. The summed E-state index contributed by atoms with van der Waals surface area (Å²) in [5.74, 6) is -3.36. The molecule has 1 aromatic carbocycles. The zero-order valence-corrected chi connectivity index (χ0v) is 9.94. The Kier molecular flexibility index (Phi) is 5.19. The Morgan fingerprint density at radius 1 is 1.37 bits per heavy atom. The molecule has 1 unspecified atom stereocenters. The Morgan fingerprint density at radius 2 is 2.05 bits per heavy atom. The van der Waals surface area contributed by atoms with Gasteiger partial charge in [-0.1, -0.05) is 0 Å². The summed E-state index contributed by atoms with van der Waals surface area (Å²) in [7, 11) is 1.19. The number of methoxy groups -OCH3 is 1. The van der Waals surface area contributed by atoms with Crippen molar-refractivity contribution < 1.29 is 28.2 Å². The predicted molar refractivity (Wildman–Crippen MR) is 61.8 cm³/mol. The van der Waals surface area contributed by atoms with E-state index in [-0.39, 0.29) is 12.2 Å². The summed E-state index contributed by atoms with van der Waals surface area (Å²) in [6.45, 7) is -0.263. The molecule has 0 aliphatic heterocycles. The summed E-state index contributed by atoms with van der Waals surface area (Å²) in [6.07, 6.45) is -1.18. The van der Waals surface area contributed by atoms with Gasteiger partial charge in [-0.25, -0.2) is 18.4 Å². The first-order valence-electron chi connectivity index (χ1n) is 5.19. The second kappa shape index (κ2) is 6.64. The van der Waals surface area contributed by atoms with Crippen molar-refractivity contribution in [3.63, 3.8) is 0 Å². The highest BCUT2D eigenvalue weighted by atomic mass is 19.2. The number of amides is 2. The monoisotopic (exact) mass is 274 g/mol. The van der Waals surface area contributed by atoms with E-state index < -0.39 is 29.7 Å². The fourth-order valence-corrected chi connectivity index (χ4v) is 1.21. The molecule has 1 atom stereocenters. The molecule has 0 aliphatic carbocycles. The van der Waals surface area contributed by atoms with Crippen LogP contribution in [-0.4, -0.2) is 36.9 Å². The van der Waals surface area contributed by atoms with Crippen LogP contribution in [0.15, 0.2) is 18.2 Å². The largest absolute Gasteiger partial charge is 0.479 e. The van der Waals surface area contributed by atoms with Crippen molar-refractivity contribution in [1.29, 1.82) is 0 Å². The first-order valence-corrected chi connectivity index (χ1v) is 5.19. The van der Waals surface area contributed by atoms with Crippen LogP contribution in [0.5, 0.6) is 0 Å². The summed E-state index contributed by atoms with van der Waals surface area (Å²) in [6, 6.07) is 2.08. The lowest BCUT2D eigenvalue weighted by molar-refractivity contribution is -0.147. The van der Waals surface area contributed by atoms with Gasteiger partial charge in [0, 0.05) is 18.9 Å². The van der Waals surface area contributed by atoms with Crippen LogP contribution in [0.4, 0.5) is 19.3 Å². The van der Waals surface area contributed by atoms with Crippen molar-refractivity contribution in [2.75, 3.05) is 19.0 Å². The van der Waals surface area contributed by atoms with Crippen LogP contribution in [0.1, 0.15) is 0 Å². The van der Waals surface area contributed by atoms with E-state index in [4.69, 9.17) is 5.11 Å². The highest BCUT2D eigenvalue weighted by molar-refractivity contribution is 5.89. The van der Waals surface area contributed by atoms with E-state index in [1.807, 2.05) is 0 Å². The lowest BCUT2D eigenvalue weighted by Gasteiger charge is -2.12. The van der Waals surface area contributed by atoms with Crippen LogP contribution in [0, 0.1) is 11.6 Å². The van der Waals surface area contributed by atoms with Crippen LogP contribution in [0.25, 0.3) is 0 Å². The average Bonchev–Trinajstić information content (AvgIpc) is 2.34. The predicted octanol–water partition coefficient (Wildman–Crippen LogP) is 1.19. The van der Waals surface area contributed by atoms with Crippen molar-refractivity contribution in [2.45, 2.75) is 6.10 Å². The summed E-state index contributed by atoms with van der Waals surface area (Å²) >= 11 is 0. The second-order valence-electron chi connectivity index (χ2n) is 3.53. The third kappa shape index (κ3) is 4.51. The number of urea groups is 1. The number of nitrogens with one attached hydrogen (secondary N) is 2. The van der Waals surface area contributed by atoms with E-state index in [0.717, 1.165) is 12.1 Å². The molecule has 0 saturated heterocycles. The molecule has 2 amide bonds. The minimum absolute atomic E-state index is 0.0423. The topological polar surface area (TPSA) is 87.7 Å². The third-order valence-electron chi connectivity index (χ3n) is 2.19. The molecule has 3 N–H and O–H groups in total. The highest BCUT2D eigenvalue weighted by Gasteiger charge is 2.17. The molecule has 104 valence electrons. The third-order valence-corrected chi connectivity index (χ3v) is 2.19. The van der Waals surface area contributed by atoms with Gasteiger partial charge < -0.3 is 20.5 Å². The molecule has 0 aromatic heterocycles. The highest BCUT2D eigenvalue weighted by Crippen LogP contribution is 2.12. The van der Waals surface area contributed by atoms with Gasteiger partial charge in [-0.2, -0.15) is 0 Å². The lowest BCUT2D eigenvalue weighted by Crippen LogP contribution is -2.39. The fraction of sp³-hybridized carbons (Fsp3) is 0.273. The van der Waals surface area contributed by atoms with Gasteiger partial charge in [0.1, 0.15) is 0 Å². The first kappa shape index (κ1) is 14.8. The number of rotatable bonds is 5. The lowest BCUT2D eigenvalue weighted by atomic mass is 10.3. The van der Waals surface area contributed by atoms with Crippen molar-refractivity contribution in [3.8, 4) is 0 Å². The van der Waals surface area contributed by atoms with Crippen LogP contribution in [-0.2, 0) is 9.53 Å². The molecule has 0 spiro atoms. The second-order valence-corrected chi connectivity index (χ2v) is 3.53. The SMILES string of the molecule is COC(CNC(=O)Nc1ccc(F)c(F)c1)C(=O)O. The standard InChI is InChI=1S/C11H12F2N2O4/c1-19-9(10(16)17)5-14-11(18)15-6-2-3-7(12)8(13)4-6/h2-4,9H,5H2,1H3,(H,16,17)(H2,14,15,18). The molecule has 6 nitrogen and oxygen atoms in total. The van der Waals surface area contributed by atoms with E-state index in [0.29, 0.717) is 0 Å². The van der Waals surface area contributed by atoms with Crippen molar-refractivity contribution in [1.82, 2.24) is 5.32 Å². The van der Waals surface area contributed by atoms with E-state index in [1.165, 1.54) is 13.2 Å². The number of carbonyl (C=O) groups excluding carboxylic acids is 1. The number of ether oxygens (including phenoxy) is 1. The van der Waals surface area contributed by atoms with Crippen molar-refractivity contribution in [3.05, 3.63) is 29.8 Å². The van der Waals surface area contributed by atoms with E-state index in [2.05, 4.69) is 15.4 Å². The molecular formula is C11H12F2N2O4. The van der Waals surface area contributed by atoms with Crippen molar-refractivity contribution in [2.24, 2.45) is 0 Å². The Balaban J connectivity index is 2.51. The average molecular weight is 274 g/mol. The number of benzene rings is 1. The number of carboxylic acids is 1. The molecule has 0 aliphatic rings. The van der Waals surface area contributed by atoms with Gasteiger partial charge in [-0.15, -0.1) is 0 Å². The van der Waals surface area contributed by atoms with Gasteiger partial charge in [0.15, 0.2) is 17.7 Å². The number of halogens is 2. The number of aliphatic carboxylic acids is 1. The number of hydrogen-bond donors (Lipinski definition) is 3.